The molecule has 0 bridgehead atoms. The molecule has 1 unspecified atom stereocenters. The van der Waals surface area contributed by atoms with E-state index in [4.69, 9.17) is 14.5 Å². The molecule has 1 aliphatic rings. The van der Waals surface area contributed by atoms with Gasteiger partial charge in [0.2, 0.25) is 6.29 Å². The topological polar surface area (TPSA) is 31.4 Å². The molecule has 0 fully saturated rings. The molecule has 3 aromatic rings. The van der Waals surface area contributed by atoms with Crippen LogP contribution in [-0.4, -0.2) is 4.98 Å². The Morgan fingerprint density at radius 1 is 1.14 bits per heavy atom. The van der Waals surface area contributed by atoms with E-state index in [2.05, 4.69) is 31.2 Å². The molecule has 0 amide bonds. The molecular formula is C19H17NO2. The fourth-order valence-electron chi connectivity index (χ4n) is 2.80. The van der Waals surface area contributed by atoms with Crippen LogP contribution in [0.4, 0.5) is 0 Å². The average molecular weight is 291 g/mol. The zero-order valence-corrected chi connectivity index (χ0v) is 12.5. The van der Waals surface area contributed by atoms with Gasteiger partial charge >= 0.3 is 0 Å². The highest BCUT2D eigenvalue weighted by molar-refractivity contribution is 5.79. The fraction of sp³-hybridized carbons (Fsp3) is 0.211. The summed E-state index contributed by atoms with van der Waals surface area (Å²) in [4.78, 5) is 4.72. The molecule has 2 aromatic carbocycles. The Labute approximate surface area is 129 Å². The molecule has 110 valence electrons. The van der Waals surface area contributed by atoms with Crippen LogP contribution in [0.5, 0.6) is 0 Å². The smallest absolute Gasteiger partial charge is 0.202 e. The molecule has 3 nitrogen and oxygen atoms in total. The summed E-state index contributed by atoms with van der Waals surface area (Å²) in [6.07, 6.45) is -0.376. The first-order chi connectivity index (χ1) is 10.8. The fourth-order valence-corrected chi connectivity index (χ4v) is 2.80. The molecule has 1 atom stereocenters. The van der Waals surface area contributed by atoms with Gasteiger partial charge in [-0.15, -0.1) is 0 Å². The van der Waals surface area contributed by atoms with E-state index in [1.54, 1.807) is 0 Å². The van der Waals surface area contributed by atoms with Gasteiger partial charge in [0.25, 0.3) is 0 Å². The minimum atomic E-state index is -0.376. The van der Waals surface area contributed by atoms with Crippen LogP contribution in [0, 0.1) is 6.92 Å². The Kier molecular flexibility index (Phi) is 3.37. The Balaban J connectivity index is 1.59. The molecule has 4 rings (SSSR count). The van der Waals surface area contributed by atoms with Gasteiger partial charge in [0.15, 0.2) is 0 Å². The predicted molar refractivity (Wildman–Crippen MR) is 85.2 cm³/mol. The van der Waals surface area contributed by atoms with Gasteiger partial charge in [-0.2, -0.15) is 0 Å². The van der Waals surface area contributed by atoms with E-state index in [1.165, 1.54) is 11.1 Å². The summed E-state index contributed by atoms with van der Waals surface area (Å²) in [5.74, 6) is 0. The lowest BCUT2D eigenvalue weighted by atomic mass is 10.1. The normalized spacial score (nSPS) is 16.9. The van der Waals surface area contributed by atoms with Crippen LogP contribution in [0.25, 0.3) is 10.9 Å². The van der Waals surface area contributed by atoms with Crippen LogP contribution >= 0.6 is 0 Å². The summed E-state index contributed by atoms with van der Waals surface area (Å²) in [5.41, 5.74) is 5.42. The molecule has 22 heavy (non-hydrogen) atoms. The number of aromatic nitrogens is 1. The molecule has 0 saturated carbocycles. The molecule has 2 heterocycles. The summed E-state index contributed by atoms with van der Waals surface area (Å²) < 4.78 is 11.7. The summed E-state index contributed by atoms with van der Waals surface area (Å²) >= 11 is 0. The van der Waals surface area contributed by atoms with E-state index >= 15 is 0 Å². The standard InChI is InChI=1S/C19H17NO2/c1-13-6-2-3-8-15(13)11-21-19-18-16(12-22-19)10-14-7-4-5-9-17(14)20-18/h2-10,19H,11-12H2,1H3. The second-order valence-corrected chi connectivity index (χ2v) is 5.61. The van der Waals surface area contributed by atoms with Crippen molar-refractivity contribution in [2.24, 2.45) is 0 Å². The molecule has 0 spiro atoms. The Morgan fingerprint density at radius 2 is 1.95 bits per heavy atom. The second-order valence-electron chi connectivity index (χ2n) is 5.61. The third-order valence-corrected chi connectivity index (χ3v) is 4.10. The number of para-hydroxylation sites is 1. The Hall–Kier alpha value is -2.23. The molecule has 0 radical (unpaired) electrons. The second kappa shape index (κ2) is 5.52. The van der Waals surface area contributed by atoms with Gasteiger partial charge in [-0.3, -0.25) is 0 Å². The molecule has 1 aromatic heterocycles. The van der Waals surface area contributed by atoms with E-state index in [1.807, 2.05) is 30.3 Å². The number of benzene rings is 2. The third-order valence-electron chi connectivity index (χ3n) is 4.10. The number of aryl methyl sites for hydroxylation is 1. The lowest BCUT2D eigenvalue weighted by Crippen LogP contribution is -2.05. The van der Waals surface area contributed by atoms with Crippen LogP contribution in [0.1, 0.15) is 28.7 Å². The first-order valence-electron chi connectivity index (χ1n) is 7.47. The SMILES string of the molecule is Cc1ccccc1COC1OCc2cc3ccccc3nc21. The van der Waals surface area contributed by atoms with Crippen molar-refractivity contribution in [3.05, 3.63) is 77.0 Å². The van der Waals surface area contributed by atoms with E-state index < -0.39 is 0 Å². The van der Waals surface area contributed by atoms with Crippen molar-refractivity contribution in [2.75, 3.05) is 0 Å². The highest BCUT2D eigenvalue weighted by atomic mass is 16.7. The lowest BCUT2D eigenvalue weighted by molar-refractivity contribution is -0.147. The summed E-state index contributed by atoms with van der Waals surface area (Å²) in [7, 11) is 0. The van der Waals surface area contributed by atoms with Crippen molar-refractivity contribution in [2.45, 2.75) is 26.4 Å². The maximum atomic E-state index is 5.96. The molecular weight excluding hydrogens is 274 g/mol. The molecule has 1 aliphatic heterocycles. The van der Waals surface area contributed by atoms with Crippen LogP contribution in [0.2, 0.25) is 0 Å². The number of pyridine rings is 1. The van der Waals surface area contributed by atoms with Crippen molar-refractivity contribution >= 4 is 10.9 Å². The quantitative estimate of drug-likeness (QED) is 0.721. The minimum Gasteiger partial charge on any atom is -0.342 e. The minimum absolute atomic E-state index is 0.376. The number of ether oxygens (including phenoxy) is 2. The predicted octanol–water partition coefficient (Wildman–Crippen LogP) is 4.29. The van der Waals surface area contributed by atoms with Crippen molar-refractivity contribution < 1.29 is 9.47 Å². The van der Waals surface area contributed by atoms with E-state index in [0.717, 1.165) is 22.2 Å². The zero-order chi connectivity index (χ0) is 14.9. The Bertz CT molecular complexity index is 829. The van der Waals surface area contributed by atoms with Gasteiger partial charge in [-0.1, -0.05) is 42.5 Å². The van der Waals surface area contributed by atoms with Crippen molar-refractivity contribution in [1.29, 1.82) is 0 Å². The van der Waals surface area contributed by atoms with Gasteiger partial charge in [0.05, 0.1) is 18.7 Å². The summed E-state index contributed by atoms with van der Waals surface area (Å²) in [6, 6.07) is 18.5. The number of rotatable bonds is 3. The van der Waals surface area contributed by atoms with Crippen LogP contribution in [0.3, 0.4) is 0 Å². The third kappa shape index (κ3) is 2.39. The first kappa shape index (κ1) is 13.4. The average Bonchev–Trinajstić information content (AvgIpc) is 2.94. The highest BCUT2D eigenvalue weighted by Gasteiger charge is 2.26. The highest BCUT2D eigenvalue weighted by Crippen LogP contribution is 2.33. The monoisotopic (exact) mass is 291 g/mol. The van der Waals surface area contributed by atoms with E-state index in [-0.39, 0.29) is 6.29 Å². The summed E-state index contributed by atoms with van der Waals surface area (Å²) in [6.45, 7) is 3.19. The zero-order valence-electron chi connectivity index (χ0n) is 12.5. The number of hydrogen-bond donors (Lipinski definition) is 0. The largest absolute Gasteiger partial charge is 0.342 e. The van der Waals surface area contributed by atoms with Crippen LogP contribution in [-0.2, 0) is 22.7 Å². The van der Waals surface area contributed by atoms with Crippen molar-refractivity contribution in [1.82, 2.24) is 4.98 Å². The van der Waals surface area contributed by atoms with Gasteiger partial charge < -0.3 is 9.47 Å². The van der Waals surface area contributed by atoms with Gasteiger partial charge in [0, 0.05) is 10.9 Å². The maximum absolute atomic E-state index is 5.96. The van der Waals surface area contributed by atoms with Crippen LogP contribution < -0.4 is 0 Å². The number of hydrogen-bond acceptors (Lipinski definition) is 3. The van der Waals surface area contributed by atoms with E-state index in [9.17, 15) is 0 Å². The summed E-state index contributed by atoms with van der Waals surface area (Å²) in [5, 5.41) is 1.14. The van der Waals surface area contributed by atoms with E-state index in [0.29, 0.717) is 13.2 Å². The molecule has 0 N–H and O–H groups in total. The number of fused-ring (bicyclic) bond motifs is 2. The molecule has 0 aliphatic carbocycles. The Morgan fingerprint density at radius 3 is 2.86 bits per heavy atom. The maximum Gasteiger partial charge on any atom is 0.202 e. The van der Waals surface area contributed by atoms with Gasteiger partial charge in [0.1, 0.15) is 5.69 Å². The first-order valence-corrected chi connectivity index (χ1v) is 7.47. The molecule has 0 saturated heterocycles. The van der Waals surface area contributed by atoms with Crippen molar-refractivity contribution in [3.8, 4) is 0 Å². The lowest BCUT2D eigenvalue weighted by Gasteiger charge is -2.13. The van der Waals surface area contributed by atoms with Crippen molar-refractivity contribution in [3.63, 3.8) is 0 Å². The molecule has 3 heteroatoms. The van der Waals surface area contributed by atoms with Gasteiger partial charge in [-0.05, 0) is 30.2 Å². The number of nitrogens with zero attached hydrogens (tertiary/aromatic N) is 1. The van der Waals surface area contributed by atoms with Crippen LogP contribution in [0.15, 0.2) is 54.6 Å². The van der Waals surface area contributed by atoms with Gasteiger partial charge in [-0.25, -0.2) is 4.98 Å².